The van der Waals surface area contributed by atoms with Crippen LogP contribution >= 0.6 is 0 Å². The van der Waals surface area contributed by atoms with Crippen LogP contribution in [-0.2, 0) is 10.0 Å². The number of ether oxygens (including phenoxy) is 1. The zero-order valence-corrected chi connectivity index (χ0v) is 13.5. The van der Waals surface area contributed by atoms with E-state index in [-0.39, 0.29) is 4.90 Å². The predicted octanol–water partition coefficient (Wildman–Crippen LogP) is 2.44. The molecule has 1 aromatic rings. The fourth-order valence-corrected chi connectivity index (χ4v) is 4.05. The molecule has 118 valence electrons. The van der Waals surface area contributed by atoms with Crippen molar-refractivity contribution in [1.29, 1.82) is 0 Å². The summed E-state index contributed by atoms with van der Waals surface area (Å²) < 4.78 is 32.6. The summed E-state index contributed by atoms with van der Waals surface area (Å²) in [6.07, 6.45) is 5.84. The summed E-state index contributed by atoms with van der Waals surface area (Å²) in [7, 11) is -2.13. The smallest absolute Gasteiger partial charge is 0.244 e. The number of benzene rings is 1. The van der Waals surface area contributed by atoms with E-state index in [1.165, 1.54) is 38.9 Å². The van der Waals surface area contributed by atoms with E-state index in [0.717, 1.165) is 12.0 Å². The molecule has 2 rings (SSSR count). The van der Waals surface area contributed by atoms with Gasteiger partial charge >= 0.3 is 0 Å². The number of methoxy groups -OCH3 is 1. The van der Waals surface area contributed by atoms with E-state index in [9.17, 15) is 8.42 Å². The molecule has 0 spiro atoms. The van der Waals surface area contributed by atoms with Gasteiger partial charge in [-0.3, -0.25) is 0 Å². The Morgan fingerprint density at radius 2 is 2.00 bits per heavy atom. The number of hydrogen-bond donors (Lipinski definition) is 2. The molecule has 0 amide bonds. The molecular weight excluding hydrogens is 288 g/mol. The molecule has 0 bridgehead atoms. The second kappa shape index (κ2) is 6.66. The number of anilines is 1. The van der Waals surface area contributed by atoms with Crippen LogP contribution in [-0.4, -0.2) is 22.1 Å². The summed E-state index contributed by atoms with van der Waals surface area (Å²) in [6.45, 7) is 2.28. The van der Waals surface area contributed by atoms with Gasteiger partial charge < -0.3 is 10.5 Å². The van der Waals surface area contributed by atoms with Gasteiger partial charge in [-0.2, -0.15) is 0 Å². The largest absolute Gasteiger partial charge is 0.495 e. The van der Waals surface area contributed by atoms with Gasteiger partial charge in [-0.05, 0) is 37.0 Å². The molecule has 0 atom stereocenters. The lowest BCUT2D eigenvalue weighted by Crippen LogP contribution is -2.26. The van der Waals surface area contributed by atoms with Crippen molar-refractivity contribution in [2.45, 2.75) is 43.9 Å². The summed E-state index contributed by atoms with van der Waals surface area (Å²) >= 11 is 0. The third kappa shape index (κ3) is 3.89. The molecule has 1 aromatic carbocycles. The predicted molar refractivity (Wildman–Crippen MR) is 83.9 cm³/mol. The number of nitrogens with two attached hydrogens (primary N) is 1. The quantitative estimate of drug-likeness (QED) is 0.791. The van der Waals surface area contributed by atoms with Gasteiger partial charge in [0.05, 0.1) is 7.11 Å². The molecule has 0 aliphatic heterocycles. The van der Waals surface area contributed by atoms with Gasteiger partial charge in [0.15, 0.2) is 0 Å². The van der Waals surface area contributed by atoms with Gasteiger partial charge in [0.25, 0.3) is 0 Å². The molecule has 6 heteroatoms. The normalized spacial score (nSPS) is 16.3. The van der Waals surface area contributed by atoms with Gasteiger partial charge in [-0.1, -0.05) is 25.7 Å². The Morgan fingerprint density at radius 3 is 2.62 bits per heavy atom. The summed E-state index contributed by atoms with van der Waals surface area (Å²) in [6, 6.07) is 3.12. The van der Waals surface area contributed by atoms with Crippen LogP contribution in [0.3, 0.4) is 0 Å². The summed E-state index contributed by atoms with van der Waals surface area (Å²) in [5.41, 5.74) is 7.07. The zero-order chi connectivity index (χ0) is 15.5. The number of hydrogen-bond acceptors (Lipinski definition) is 4. The molecule has 21 heavy (non-hydrogen) atoms. The molecule has 1 aliphatic rings. The van der Waals surface area contributed by atoms with E-state index < -0.39 is 10.0 Å². The first-order chi connectivity index (χ1) is 9.94. The van der Waals surface area contributed by atoms with E-state index in [1.807, 2.05) is 6.92 Å². The fraction of sp³-hybridized carbons (Fsp3) is 0.600. The van der Waals surface area contributed by atoms with E-state index >= 15 is 0 Å². The van der Waals surface area contributed by atoms with E-state index in [2.05, 4.69) is 4.72 Å². The minimum atomic E-state index is -3.59. The topological polar surface area (TPSA) is 81.4 Å². The number of sulfonamides is 1. The average Bonchev–Trinajstić information content (AvgIpc) is 2.94. The lowest BCUT2D eigenvalue weighted by molar-refractivity contribution is 0.402. The van der Waals surface area contributed by atoms with Gasteiger partial charge in [0, 0.05) is 12.2 Å². The van der Waals surface area contributed by atoms with Crippen molar-refractivity contribution in [3.63, 3.8) is 0 Å². The van der Waals surface area contributed by atoms with Gasteiger partial charge in [0.1, 0.15) is 10.6 Å². The van der Waals surface area contributed by atoms with Gasteiger partial charge in [-0.15, -0.1) is 0 Å². The maximum absolute atomic E-state index is 12.4. The minimum Gasteiger partial charge on any atom is -0.495 e. The third-order valence-corrected chi connectivity index (χ3v) is 5.64. The van der Waals surface area contributed by atoms with E-state index in [1.54, 1.807) is 6.07 Å². The van der Waals surface area contributed by atoms with Crippen molar-refractivity contribution in [2.75, 3.05) is 19.4 Å². The van der Waals surface area contributed by atoms with Gasteiger partial charge in [-0.25, -0.2) is 13.1 Å². The standard InChI is InChI=1S/C15H24N2O3S/c1-11-9-14(20-2)15(10-13(11)16)21(18,19)17-8-7-12-5-3-4-6-12/h9-10,12,17H,3-8,16H2,1-2H3. The second-order valence-corrected chi connectivity index (χ2v) is 7.43. The van der Waals surface area contributed by atoms with Crippen LogP contribution in [0.15, 0.2) is 17.0 Å². The third-order valence-electron chi connectivity index (χ3n) is 4.16. The van der Waals surface area contributed by atoms with Crippen molar-refractivity contribution in [2.24, 2.45) is 5.92 Å². The molecule has 5 nitrogen and oxygen atoms in total. The maximum atomic E-state index is 12.4. The maximum Gasteiger partial charge on any atom is 0.244 e. The molecule has 3 N–H and O–H groups in total. The summed E-state index contributed by atoms with van der Waals surface area (Å²) in [5.74, 6) is 0.979. The van der Waals surface area contributed by atoms with E-state index in [4.69, 9.17) is 10.5 Å². The lowest BCUT2D eigenvalue weighted by Gasteiger charge is -2.14. The molecular formula is C15H24N2O3S. The first kappa shape index (κ1) is 16.1. The Kier molecular flexibility index (Phi) is 5.11. The molecule has 0 aromatic heterocycles. The summed E-state index contributed by atoms with van der Waals surface area (Å²) in [4.78, 5) is 0.111. The van der Waals surface area contributed by atoms with Crippen LogP contribution in [0.5, 0.6) is 5.75 Å². The Bertz CT molecular complexity index is 593. The minimum absolute atomic E-state index is 0.111. The van der Waals surface area contributed by atoms with E-state index in [0.29, 0.717) is 23.9 Å². The first-order valence-electron chi connectivity index (χ1n) is 7.38. The Labute approximate surface area is 126 Å². The lowest BCUT2D eigenvalue weighted by atomic mass is 10.1. The highest BCUT2D eigenvalue weighted by molar-refractivity contribution is 7.89. The number of aryl methyl sites for hydroxylation is 1. The van der Waals surface area contributed by atoms with Gasteiger partial charge in [0.2, 0.25) is 10.0 Å². The van der Waals surface area contributed by atoms with Crippen molar-refractivity contribution in [1.82, 2.24) is 4.72 Å². The van der Waals surface area contributed by atoms with Crippen molar-refractivity contribution >= 4 is 15.7 Å². The Morgan fingerprint density at radius 1 is 1.33 bits per heavy atom. The van der Waals surface area contributed by atoms with Crippen LogP contribution in [0.4, 0.5) is 5.69 Å². The highest BCUT2D eigenvalue weighted by atomic mass is 32.2. The Hall–Kier alpha value is -1.27. The molecule has 0 radical (unpaired) electrons. The molecule has 0 heterocycles. The number of nitrogen functional groups attached to an aromatic ring is 1. The molecule has 0 unspecified atom stereocenters. The molecule has 1 saturated carbocycles. The zero-order valence-electron chi connectivity index (χ0n) is 12.7. The second-order valence-electron chi connectivity index (χ2n) is 5.70. The van der Waals surface area contributed by atoms with Crippen molar-refractivity contribution < 1.29 is 13.2 Å². The molecule has 1 fully saturated rings. The SMILES string of the molecule is COc1cc(C)c(N)cc1S(=O)(=O)NCCC1CCCC1. The summed E-state index contributed by atoms with van der Waals surface area (Å²) in [5, 5.41) is 0. The molecule has 0 saturated heterocycles. The number of nitrogens with one attached hydrogen (secondary N) is 1. The monoisotopic (exact) mass is 312 g/mol. The van der Waals surface area contributed by atoms with Crippen LogP contribution < -0.4 is 15.2 Å². The molecule has 1 aliphatic carbocycles. The van der Waals surface area contributed by atoms with Crippen LogP contribution in [0.2, 0.25) is 0 Å². The van der Waals surface area contributed by atoms with Crippen LogP contribution in [0.1, 0.15) is 37.7 Å². The van der Waals surface area contributed by atoms with Crippen molar-refractivity contribution in [3.05, 3.63) is 17.7 Å². The van der Waals surface area contributed by atoms with Crippen LogP contribution in [0.25, 0.3) is 0 Å². The average molecular weight is 312 g/mol. The van der Waals surface area contributed by atoms with Crippen LogP contribution in [0, 0.1) is 12.8 Å². The highest BCUT2D eigenvalue weighted by Crippen LogP contribution is 2.30. The number of rotatable bonds is 6. The fourth-order valence-electron chi connectivity index (χ4n) is 2.82. The Balaban J connectivity index is 2.09. The van der Waals surface area contributed by atoms with Crippen molar-refractivity contribution in [3.8, 4) is 5.75 Å². The highest BCUT2D eigenvalue weighted by Gasteiger charge is 2.22. The first-order valence-corrected chi connectivity index (χ1v) is 8.86.